The highest BCUT2D eigenvalue weighted by Crippen LogP contribution is 2.54. The van der Waals surface area contributed by atoms with Gasteiger partial charge in [0.1, 0.15) is 17.1 Å². The summed E-state index contributed by atoms with van der Waals surface area (Å²) in [5.41, 5.74) is 1.72. The van der Waals surface area contributed by atoms with Crippen LogP contribution in [0.15, 0.2) is 48.1 Å². The lowest BCUT2D eigenvalue weighted by molar-refractivity contribution is -0.198. The lowest BCUT2D eigenvalue weighted by Crippen LogP contribution is -2.33. The van der Waals surface area contributed by atoms with Crippen molar-refractivity contribution in [1.29, 1.82) is 0 Å². The van der Waals surface area contributed by atoms with Gasteiger partial charge in [-0.1, -0.05) is 35.9 Å². The summed E-state index contributed by atoms with van der Waals surface area (Å²) < 4.78 is 55.5. The maximum absolute atomic E-state index is 14.6. The molecular weight excluding hydrogens is 579 g/mol. The fourth-order valence-corrected chi connectivity index (χ4v) is 7.38. The van der Waals surface area contributed by atoms with E-state index in [1.165, 1.54) is 35.9 Å². The zero-order valence-corrected chi connectivity index (χ0v) is 23.4. The number of aliphatic carboxylic acids is 1. The van der Waals surface area contributed by atoms with E-state index in [1.807, 2.05) is 11.5 Å². The van der Waals surface area contributed by atoms with Crippen molar-refractivity contribution in [3.8, 4) is 5.88 Å². The molecule has 0 radical (unpaired) electrons. The molecule has 1 fully saturated rings. The van der Waals surface area contributed by atoms with Crippen molar-refractivity contribution in [2.24, 2.45) is 5.41 Å². The van der Waals surface area contributed by atoms with Gasteiger partial charge in [0.15, 0.2) is 0 Å². The summed E-state index contributed by atoms with van der Waals surface area (Å²) in [4.78, 5) is 20.5. The van der Waals surface area contributed by atoms with Gasteiger partial charge >= 0.3 is 12.1 Å². The molecule has 7 nitrogen and oxygen atoms in total. The first-order valence-electron chi connectivity index (χ1n) is 13.3. The van der Waals surface area contributed by atoms with Crippen molar-refractivity contribution < 1.29 is 32.5 Å². The molecule has 4 atom stereocenters. The number of hydrogen-bond donors (Lipinski definition) is 2. The molecule has 3 unspecified atom stereocenters. The number of thiophene rings is 1. The minimum atomic E-state index is -4.77. The molecule has 4 heterocycles. The minimum absolute atomic E-state index is 0.0862. The molecule has 216 valence electrons. The molecule has 1 saturated heterocycles. The molecule has 0 saturated carbocycles. The lowest BCUT2D eigenvalue weighted by Gasteiger charge is -2.36. The summed E-state index contributed by atoms with van der Waals surface area (Å²) in [5, 5.41) is 15.2. The monoisotopic (exact) mass is 605 g/mol. The quantitative estimate of drug-likeness (QED) is 0.291. The van der Waals surface area contributed by atoms with E-state index in [0.717, 1.165) is 18.4 Å². The number of allylic oxidation sites excluding steroid dienone is 2. The highest BCUT2D eigenvalue weighted by molar-refractivity contribution is 7.17. The van der Waals surface area contributed by atoms with Crippen LogP contribution < -0.4 is 10.1 Å². The van der Waals surface area contributed by atoms with Gasteiger partial charge in [-0.25, -0.2) is 9.97 Å². The second kappa shape index (κ2) is 11.0. The van der Waals surface area contributed by atoms with E-state index in [0.29, 0.717) is 52.2 Å². The summed E-state index contributed by atoms with van der Waals surface area (Å²) in [6.45, 7) is 0.672. The maximum atomic E-state index is 14.6. The number of nitrogens with zero attached hydrogens (tertiary/aromatic N) is 2. The van der Waals surface area contributed by atoms with Crippen LogP contribution in [0.1, 0.15) is 60.9 Å². The van der Waals surface area contributed by atoms with Crippen LogP contribution in [0.5, 0.6) is 5.88 Å². The van der Waals surface area contributed by atoms with E-state index in [1.54, 1.807) is 0 Å². The number of fused-ring (bicyclic) bond motifs is 1. The van der Waals surface area contributed by atoms with Crippen molar-refractivity contribution in [2.45, 2.75) is 56.5 Å². The number of alkyl halides is 3. The standard InChI is InChI=1S/C29H27ClF3N3O4S/c30-17-6-7-18(19(11-17)16-5-4-10-39-13-16)25(29(31,32)33)40-26-23-22(34-15-35-26)20(14-41-23)24-28(8-2-1-3-9-28)12-21(36-24)27(37)38/h1-2,5-7,11,14-15,21,24-25,36H,3-4,8-10,12-13H2,(H,37,38)/t21?,24?,25-,28?/m1/s1. The molecule has 2 aromatic heterocycles. The summed E-state index contributed by atoms with van der Waals surface area (Å²) in [6, 6.07) is 3.19. The van der Waals surface area contributed by atoms with Crippen LogP contribution in [0.2, 0.25) is 5.02 Å². The first-order chi connectivity index (χ1) is 19.7. The average Bonchev–Trinajstić information content (AvgIpc) is 3.54. The Morgan fingerprint density at radius 2 is 2.12 bits per heavy atom. The summed E-state index contributed by atoms with van der Waals surface area (Å²) in [6.07, 6.45) is 3.49. The van der Waals surface area contributed by atoms with Gasteiger partial charge in [-0.3, -0.25) is 10.1 Å². The number of carboxylic acids is 1. The molecule has 6 rings (SSSR count). The van der Waals surface area contributed by atoms with Crippen molar-refractivity contribution in [2.75, 3.05) is 13.2 Å². The van der Waals surface area contributed by atoms with E-state index < -0.39 is 24.3 Å². The van der Waals surface area contributed by atoms with Gasteiger partial charge in [0.2, 0.25) is 12.0 Å². The third kappa shape index (κ3) is 5.36. The van der Waals surface area contributed by atoms with Crippen LogP contribution in [0.3, 0.4) is 0 Å². The van der Waals surface area contributed by atoms with Crippen LogP contribution in [0.4, 0.5) is 13.2 Å². The van der Waals surface area contributed by atoms with Gasteiger partial charge in [-0.15, -0.1) is 11.3 Å². The Morgan fingerprint density at radius 3 is 2.83 bits per heavy atom. The van der Waals surface area contributed by atoms with Gasteiger partial charge < -0.3 is 14.6 Å². The highest BCUT2D eigenvalue weighted by atomic mass is 35.5. The molecule has 3 aromatic rings. The number of rotatable bonds is 6. The zero-order valence-electron chi connectivity index (χ0n) is 21.8. The van der Waals surface area contributed by atoms with Gasteiger partial charge in [0.05, 0.1) is 18.7 Å². The molecule has 2 N–H and O–H groups in total. The summed E-state index contributed by atoms with van der Waals surface area (Å²) in [5.74, 6) is -1.11. The Labute approximate surface area is 243 Å². The number of aromatic nitrogens is 2. The van der Waals surface area contributed by atoms with Crippen molar-refractivity contribution in [3.05, 3.63) is 69.8 Å². The second-order valence-electron chi connectivity index (χ2n) is 10.7. The predicted molar refractivity (Wildman–Crippen MR) is 149 cm³/mol. The number of hydrogen-bond acceptors (Lipinski definition) is 7. The molecule has 12 heteroatoms. The molecule has 2 aliphatic heterocycles. The fraction of sp³-hybridized carbons (Fsp3) is 0.414. The van der Waals surface area contributed by atoms with Crippen molar-refractivity contribution in [3.63, 3.8) is 0 Å². The Bertz CT molecular complexity index is 1540. The second-order valence-corrected chi connectivity index (χ2v) is 12.0. The van der Waals surface area contributed by atoms with Crippen LogP contribution >= 0.6 is 22.9 Å². The van der Waals surface area contributed by atoms with Crippen molar-refractivity contribution in [1.82, 2.24) is 15.3 Å². The number of halogens is 4. The zero-order chi connectivity index (χ0) is 28.8. The molecule has 3 aliphatic rings. The summed E-state index contributed by atoms with van der Waals surface area (Å²) >= 11 is 7.39. The number of carboxylic acid groups (broad SMARTS) is 1. The maximum Gasteiger partial charge on any atom is 0.429 e. The third-order valence-electron chi connectivity index (χ3n) is 8.13. The van der Waals surface area contributed by atoms with Crippen LogP contribution in [0.25, 0.3) is 15.8 Å². The molecule has 0 bridgehead atoms. The SMILES string of the molecule is O=C(O)C1CC2(CC=CCC2)C(c2csc3c(O[C@H](c4ccc(Cl)cc4C4=CCCOC4)C(F)(F)F)ncnc23)N1. The van der Waals surface area contributed by atoms with Gasteiger partial charge in [0, 0.05) is 22.2 Å². The molecule has 41 heavy (non-hydrogen) atoms. The van der Waals surface area contributed by atoms with Crippen LogP contribution in [0, 0.1) is 5.41 Å². The Kier molecular flexibility index (Phi) is 7.56. The fourth-order valence-electron chi connectivity index (χ4n) is 6.23. The van der Waals surface area contributed by atoms with Gasteiger partial charge in [-0.05, 0) is 66.2 Å². The molecular formula is C29H27ClF3N3O4S. The minimum Gasteiger partial charge on any atom is -0.480 e. The van der Waals surface area contributed by atoms with Gasteiger partial charge in [-0.2, -0.15) is 13.2 Å². The molecule has 0 amide bonds. The normalized spacial score (nSPS) is 25.4. The first kappa shape index (κ1) is 28.1. The topological polar surface area (TPSA) is 93.6 Å². The van der Waals surface area contributed by atoms with E-state index in [9.17, 15) is 23.1 Å². The molecule has 1 spiro atoms. The predicted octanol–water partition coefficient (Wildman–Crippen LogP) is 7.04. The smallest absolute Gasteiger partial charge is 0.429 e. The first-order valence-corrected chi connectivity index (χ1v) is 14.6. The Hall–Kier alpha value is -2.99. The van der Waals surface area contributed by atoms with Crippen LogP contribution in [-0.4, -0.2) is 46.5 Å². The largest absolute Gasteiger partial charge is 0.480 e. The highest BCUT2D eigenvalue weighted by Gasteiger charge is 2.50. The molecule has 1 aromatic carbocycles. The van der Waals surface area contributed by atoms with Crippen LogP contribution in [-0.2, 0) is 9.53 Å². The lowest BCUT2D eigenvalue weighted by atomic mass is 9.69. The number of benzene rings is 1. The number of ether oxygens (including phenoxy) is 2. The Balaban J connectivity index is 1.40. The number of nitrogens with one attached hydrogen (secondary N) is 1. The van der Waals surface area contributed by atoms with E-state index in [4.69, 9.17) is 21.1 Å². The van der Waals surface area contributed by atoms with E-state index >= 15 is 0 Å². The van der Waals surface area contributed by atoms with E-state index in [-0.39, 0.29) is 29.5 Å². The Morgan fingerprint density at radius 1 is 1.27 bits per heavy atom. The third-order valence-corrected chi connectivity index (χ3v) is 9.34. The summed E-state index contributed by atoms with van der Waals surface area (Å²) in [7, 11) is 0. The number of carbonyl (C=O) groups is 1. The average molecular weight is 606 g/mol. The van der Waals surface area contributed by atoms with Gasteiger partial charge in [0.25, 0.3) is 0 Å². The van der Waals surface area contributed by atoms with Crippen molar-refractivity contribution >= 4 is 44.7 Å². The van der Waals surface area contributed by atoms with E-state index in [2.05, 4.69) is 27.4 Å². The molecule has 1 aliphatic carbocycles.